The molecular formula is C24H18BrNO6. The van der Waals surface area contributed by atoms with Crippen LogP contribution in [0.15, 0.2) is 71.2 Å². The van der Waals surface area contributed by atoms with E-state index in [-0.39, 0.29) is 24.7 Å². The van der Waals surface area contributed by atoms with E-state index in [0.717, 1.165) is 10.0 Å². The number of fused-ring (bicyclic) bond motifs is 1. The van der Waals surface area contributed by atoms with E-state index < -0.39 is 18.4 Å². The van der Waals surface area contributed by atoms with Gasteiger partial charge in [0.2, 0.25) is 0 Å². The second-order valence-corrected chi connectivity index (χ2v) is 7.78. The number of esters is 1. The number of benzene rings is 3. The van der Waals surface area contributed by atoms with Crippen molar-refractivity contribution in [2.45, 2.75) is 6.61 Å². The average molecular weight is 496 g/mol. The lowest BCUT2D eigenvalue weighted by Crippen LogP contribution is -2.25. The molecule has 0 spiro atoms. The summed E-state index contributed by atoms with van der Waals surface area (Å²) in [6.45, 7) is -0.265. The summed E-state index contributed by atoms with van der Waals surface area (Å²) in [5.74, 6) is -0.542. The maximum Gasteiger partial charge on any atom is 0.342 e. The predicted molar refractivity (Wildman–Crippen MR) is 120 cm³/mol. The van der Waals surface area contributed by atoms with E-state index in [2.05, 4.69) is 21.2 Å². The van der Waals surface area contributed by atoms with Gasteiger partial charge in [0.1, 0.15) is 23.7 Å². The Bertz CT molecular complexity index is 1190. The Balaban J connectivity index is 1.40. The molecule has 162 valence electrons. The molecule has 0 aliphatic carbocycles. The molecule has 32 heavy (non-hydrogen) atoms. The Hall–Kier alpha value is -3.65. The van der Waals surface area contributed by atoms with Gasteiger partial charge in [-0.3, -0.25) is 9.59 Å². The van der Waals surface area contributed by atoms with Crippen LogP contribution in [0.3, 0.4) is 0 Å². The Morgan fingerprint density at radius 2 is 1.81 bits per heavy atom. The molecule has 3 aromatic carbocycles. The van der Waals surface area contributed by atoms with Gasteiger partial charge in [-0.15, -0.1) is 0 Å². The maximum atomic E-state index is 12.6. The van der Waals surface area contributed by atoms with Crippen LogP contribution in [0.5, 0.6) is 11.5 Å². The minimum atomic E-state index is -0.671. The third-order valence-corrected chi connectivity index (χ3v) is 5.49. The molecule has 0 bridgehead atoms. The summed E-state index contributed by atoms with van der Waals surface area (Å²) in [5, 5.41) is 2.64. The largest absolute Gasteiger partial charge is 0.488 e. The molecule has 0 saturated carbocycles. The van der Waals surface area contributed by atoms with E-state index in [1.165, 1.54) is 6.07 Å². The first kappa shape index (κ1) is 21.6. The van der Waals surface area contributed by atoms with Crippen molar-refractivity contribution in [3.8, 4) is 11.5 Å². The number of ether oxygens (including phenoxy) is 3. The van der Waals surface area contributed by atoms with Gasteiger partial charge in [-0.1, -0.05) is 46.3 Å². The Kier molecular flexibility index (Phi) is 6.51. The second-order valence-electron chi connectivity index (χ2n) is 6.92. The van der Waals surface area contributed by atoms with Crippen LogP contribution < -0.4 is 14.8 Å². The van der Waals surface area contributed by atoms with Crippen molar-refractivity contribution in [1.29, 1.82) is 0 Å². The number of ketones is 1. The van der Waals surface area contributed by atoms with Crippen LogP contribution in [0.2, 0.25) is 0 Å². The van der Waals surface area contributed by atoms with Gasteiger partial charge in [-0.2, -0.15) is 0 Å². The van der Waals surface area contributed by atoms with Gasteiger partial charge < -0.3 is 19.5 Å². The van der Waals surface area contributed by atoms with E-state index in [9.17, 15) is 14.4 Å². The van der Waals surface area contributed by atoms with Gasteiger partial charge >= 0.3 is 5.97 Å². The Morgan fingerprint density at radius 1 is 1.03 bits per heavy atom. The lowest BCUT2D eigenvalue weighted by atomic mass is 10.1. The lowest BCUT2D eigenvalue weighted by Gasteiger charge is -2.18. The zero-order chi connectivity index (χ0) is 22.5. The first-order valence-electron chi connectivity index (χ1n) is 9.73. The van der Waals surface area contributed by atoms with Gasteiger partial charge in [-0.25, -0.2) is 4.79 Å². The third kappa shape index (κ3) is 4.97. The monoisotopic (exact) mass is 495 g/mol. The highest BCUT2D eigenvalue weighted by Crippen LogP contribution is 2.29. The highest BCUT2D eigenvalue weighted by molar-refractivity contribution is 9.10. The number of amides is 1. The zero-order valence-corrected chi connectivity index (χ0v) is 18.4. The number of para-hydroxylation sites is 1. The second kappa shape index (κ2) is 9.65. The molecule has 8 heteroatoms. The van der Waals surface area contributed by atoms with Crippen molar-refractivity contribution in [3.05, 3.63) is 87.9 Å². The maximum absolute atomic E-state index is 12.6. The first-order chi connectivity index (χ1) is 15.5. The first-order valence-corrected chi connectivity index (χ1v) is 10.5. The van der Waals surface area contributed by atoms with Crippen LogP contribution >= 0.6 is 15.9 Å². The minimum absolute atomic E-state index is 0.0688. The van der Waals surface area contributed by atoms with Gasteiger partial charge in [0.25, 0.3) is 5.91 Å². The molecule has 0 aromatic heterocycles. The molecule has 1 N–H and O–H groups in total. The number of carbonyl (C=O) groups is 3. The molecule has 0 atom stereocenters. The van der Waals surface area contributed by atoms with E-state index in [1.807, 2.05) is 24.3 Å². The SMILES string of the molecule is O=C1COc2ccc(C(=O)COC(=O)c3ccccc3OCc3ccccc3Br)cc2N1. The summed E-state index contributed by atoms with van der Waals surface area (Å²) < 4.78 is 17.2. The quantitative estimate of drug-likeness (QED) is 0.385. The van der Waals surface area contributed by atoms with Crippen LogP contribution in [0, 0.1) is 0 Å². The molecule has 0 fully saturated rings. The normalized spacial score (nSPS) is 12.2. The van der Waals surface area contributed by atoms with Crippen LogP contribution in [-0.4, -0.2) is 30.9 Å². The van der Waals surface area contributed by atoms with Crippen molar-refractivity contribution in [2.75, 3.05) is 18.5 Å². The van der Waals surface area contributed by atoms with E-state index >= 15 is 0 Å². The minimum Gasteiger partial charge on any atom is -0.488 e. The van der Waals surface area contributed by atoms with Crippen LogP contribution in [0.1, 0.15) is 26.3 Å². The van der Waals surface area contributed by atoms with Gasteiger partial charge in [0.15, 0.2) is 19.0 Å². The molecule has 0 saturated heterocycles. The molecule has 1 amide bonds. The number of anilines is 1. The Labute approximate surface area is 192 Å². The van der Waals surface area contributed by atoms with Crippen LogP contribution in [0.4, 0.5) is 5.69 Å². The lowest BCUT2D eigenvalue weighted by molar-refractivity contribution is -0.118. The average Bonchev–Trinajstić information content (AvgIpc) is 2.81. The molecular weight excluding hydrogens is 478 g/mol. The topological polar surface area (TPSA) is 90.9 Å². The summed E-state index contributed by atoms with van der Waals surface area (Å²) in [6.07, 6.45) is 0. The van der Waals surface area contributed by atoms with E-state index in [0.29, 0.717) is 22.7 Å². The number of nitrogens with one attached hydrogen (secondary N) is 1. The molecule has 7 nitrogen and oxygen atoms in total. The van der Waals surface area contributed by atoms with Crippen molar-refractivity contribution in [2.24, 2.45) is 0 Å². The third-order valence-electron chi connectivity index (χ3n) is 4.72. The fraction of sp³-hybridized carbons (Fsp3) is 0.125. The van der Waals surface area contributed by atoms with Crippen LogP contribution in [-0.2, 0) is 16.1 Å². The van der Waals surface area contributed by atoms with Crippen LogP contribution in [0.25, 0.3) is 0 Å². The van der Waals surface area contributed by atoms with Crippen molar-refractivity contribution < 1.29 is 28.6 Å². The number of hydrogen-bond acceptors (Lipinski definition) is 6. The highest BCUT2D eigenvalue weighted by atomic mass is 79.9. The summed E-state index contributed by atoms with van der Waals surface area (Å²) in [6, 6.07) is 18.9. The van der Waals surface area contributed by atoms with E-state index in [1.54, 1.807) is 36.4 Å². The summed E-state index contributed by atoms with van der Waals surface area (Å²) in [5.41, 5.74) is 1.85. The number of hydrogen-bond donors (Lipinski definition) is 1. The number of carbonyl (C=O) groups excluding carboxylic acids is 3. The van der Waals surface area contributed by atoms with Crippen molar-refractivity contribution in [3.63, 3.8) is 0 Å². The fourth-order valence-electron chi connectivity index (χ4n) is 3.08. The molecule has 3 aromatic rings. The summed E-state index contributed by atoms with van der Waals surface area (Å²) >= 11 is 3.47. The molecule has 1 aliphatic rings. The smallest absolute Gasteiger partial charge is 0.342 e. The van der Waals surface area contributed by atoms with E-state index in [4.69, 9.17) is 14.2 Å². The number of halogens is 1. The summed E-state index contributed by atoms with van der Waals surface area (Å²) in [7, 11) is 0. The number of rotatable bonds is 7. The summed E-state index contributed by atoms with van der Waals surface area (Å²) in [4.78, 5) is 36.6. The zero-order valence-electron chi connectivity index (χ0n) is 16.8. The van der Waals surface area contributed by atoms with Crippen molar-refractivity contribution in [1.82, 2.24) is 0 Å². The number of Topliss-reactive ketones (excluding diaryl/α,β-unsaturated/α-hetero) is 1. The highest BCUT2D eigenvalue weighted by Gasteiger charge is 2.20. The van der Waals surface area contributed by atoms with Gasteiger partial charge in [0, 0.05) is 15.6 Å². The molecule has 4 rings (SSSR count). The molecule has 0 radical (unpaired) electrons. The molecule has 0 unspecified atom stereocenters. The Morgan fingerprint density at radius 3 is 2.66 bits per heavy atom. The fourth-order valence-corrected chi connectivity index (χ4v) is 3.48. The standard InChI is InChI=1S/C24H18BrNO6/c25-18-7-3-1-5-16(18)12-30-21-8-4-2-6-17(21)24(29)32-13-20(27)15-9-10-22-19(11-15)26-23(28)14-31-22/h1-11H,12-14H2,(H,26,28). The molecule has 1 aliphatic heterocycles. The van der Waals surface area contributed by atoms with Gasteiger partial charge in [0.05, 0.1) is 5.69 Å². The predicted octanol–water partition coefficient (Wildman–Crippen LogP) is 4.40. The van der Waals surface area contributed by atoms with Gasteiger partial charge in [-0.05, 0) is 36.4 Å². The van der Waals surface area contributed by atoms with Crippen molar-refractivity contribution >= 4 is 39.3 Å². The molecule has 1 heterocycles.